The molecule has 0 atom stereocenters. The number of methoxy groups -OCH3 is 1. The highest BCUT2D eigenvalue weighted by atomic mass is 31.1. The summed E-state index contributed by atoms with van der Waals surface area (Å²) in [5, 5.41) is 9.12. The first-order valence-corrected chi connectivity index (χ1v) is 17.1. The van der Waals surface area contributed by atoms with E-state index in [0.717, 1.165) is 81.7 Å². The lowest BCUT2D eigenvalue weighted by Gasteiger charge is -2.35. The number of nitrogens with one attached hydrogen (secondary N) is 3. The van der Waals surface area contributed by atoms with Crippen LogP contribution in [0, 0.1) is 0 Å². The number of aromatic nitrogens is 6. The second-order valence-corrected chi connectivity index (χ2v) is 13.5. The number of hydrogen-bond donors (Lipinski definition) is 3. The van der Waals surface area contributed by atoms with Gasteiger partial charge < -0.3 is 30.2 Å². The van der Waals surface area contributed by atoms with E-state index in [1.807, 2.05) is 42.9 Å². The molecule has 3 N–H and O–H groups in total. The van der Waals surface area contributed by atoms with Gasteiger partial charge in [0.05, 0.1) is 29.2 Å². The van der Waals surface area contributed by atoms with E-state index in [1.54, 1.807) is 19.5 Å². The first kappa shape index (κ1) is 28.9. The molecule has 0 amide bonds. The van der Waals surface area contributed by atoms with E-state index in [9.17, 15) is 0 Å². The third-order valence-electron chi connectivity index (χ3n) is 8.13. The molecule has 228 valence electrons. The van der Waals surface area contributed by atoms with Crippen LogP contribution in [0.4, 0.5) is 28.8 Å². The summed E-state index contributed by atoms with van der Waals surface area (Å²) >= 11 is 0. The largest absolute Gasteiger partial charge is 0.494 e. The molecule has 1 aliphatic heterocycles. The summed E-state index contributed by atoms with van der Waals surface area (Å²) < 4.78 is 5.94. The van der Waals surface area contributed by atoms with Crippen LogP contribution in [0.25, 0.3) is 33.2 Å². The highest BCUT2D eigenvalue weighted by Gasteiger charge is 2.22. The maximum Gasteiger partial charge on any atom is 0.231 e. The van der Waals surface area contributed by atoms with Gasteiger partial charge in [0.1, 0.15) is 17.2 Å². The van der Waals surface area contributed by atoms with Crippen LogP contribution in [0.3, 0.4) is 0 Å². The van der Waals surface area contributed by atoms with Gasteiger partial charge >= 0.3 is 0 Å². The van der Waals surface area contributed by atoms with Gasteiger partial charge in [0, 0.05) is 85.5 Å². The molecule has 45 heavy (non-hydrogen) atoms. The van der Waals surface area contributed by atoms with Crippen molar-refractivity contribution in [1.29, 1.82) is 0 Å². The number of H-pyrrole nitrogens is 1. The summed E-state index contributed by atoms with van der Waals surface area (Å²) in [7, 11) is 3.36. The lowest BCUT2D eigenvalue weighted by atomic mass is 10.0. The van der Waals surface area contributed by atoms with Crippen LogP contribution < -0.4 is 25.6 Å². The van der Waals surface area contributed by atoms with Gasteiger partial charge in [-0.25, -0.2) is 0 Å². The van der Waals surface area contributed by atoms with Crippen molar-refractivity contribution in [3.8, 4) is 16.9 Å². The minimum atomic E-state index is -0.495. The Hall–Kier alpha value is -4.86. The average Bonchev–Trinajstić information content (AvgIpc) is 3.54. The number of fused-ring (bicyclic) bond motifs is 2. The predicted molar refractivity (Wildman–Crippen MR) is 184 cm³/mol. The van der Waals surface area contributed by atoms with Gasteiger partial charge in [-0.05, 0) is 62.3 Å². The van der Waals surface area contributed by atoms with E-state index in [0.29, 0.717) is 17.5 Å². The Morgan fingerprint density at radius 2 is 1.67 bits per heavy atom. The van der Waals surface area contributed by atoms with Crippen LogP contribution in [-0.2, 0) is 0 Å². The summed E-state index contributed by atoms with van der Waals surface area (Å²) in [6, 6.07) is 14.3. The van der Waals surface area contributed by atoms with Crippen LogP contribution in [0.5, 0.6) is 5.75 Å². The van der Waals surface area contributed by atoms with Crippen LogP contribution in [0.15, 0.2) is 73.4 Å². The van der Waals surface area contributed by atoms with Crippen molar-refractivity contribution in [2.24, 2.45) is 0 Å². The fourth-order valence-corrected chi connectivity index (χ4v) is 7.03. The molecule has 0 bridgehead atoms. The van der Waals surface area contributed by atoms with E-state index in [4.69, 9.17) is 14.7 Å². The van der Waals surface area contributed by atoms with Gasteiger partial charge in [-0.3, -0.25) is 15.0 Å². The van der Waals surface area contributed by atoms with Crippen molar-refractivity contribution in [2.45, 2.75) is 0 Å². The lowest BCUT2D eigenvalue weighted by molar-refractivity contribution is 0.313. The Morgan fingerprint density at radius 3 is 2.44 bits per heavy atom. The summed E-state index contributed by atoms with van der Waals surface area (Å²) in [6.45, 7) is 8.32. The van der Waals surface area contributed by atoms with Gasteiger partial charge in [-0.15, -0.1) is 0 Å². The van der Waals surface area contributed by atoms with Crippen LogP contribution in [-0.4, -0.2) is 88.5 Å². The number of benzene rings is 2. The summed E-state index contributed by atoms with van der Waals surface area (Å²) in [4.78, 5) is 31.3. The molecule has 4 aromatic heterocycles. The number of nitrogens with zero attached hydrogens (tertiary/aromatic N) is 7. The molecule has 0 radical (unpaired) electrons. The van der Waals surface area contributed by atoms with Crippen molar-refractivity contribution in [1.82, 2.24) is 34.8 Å². The van der Waals surface area contributed by atoms with E-state index >= 15 is 0 Å². The third kappa shape index (κ3) is 5.72. The van der Waals surface area contributed by atoms with Crippen LogP contribution in [0.1, 0.15) is 0 Å². The minimum absolute atomic E-state index is 0.441. The molecule has 1 saturated heterocycles. The molecule has 7 rings (SSSR count). The Kier molecular flexibility index (Phi) is 7.87. The van der Waals surface area contributed by atoms with Crippen molar-refractivity contribution in [3.63, 3.8) is 0 Å². The molecule has 6 aromatic rings. The van der Waals surface area contributed by atoms with Gasteiger partial charge in [0.15, 0.2) is 0 Å². The van der Waals surface area contributed by atoms with Crippen molar-refractivity contribution < 1.29 is 4.74 Å². The van der Waals surface area contributed by atoms with Gasteiger partial charge in [0.25, 0.3) is 0 Å². The molecule has 0 aliphatic carbocycles. The maximum absolute atomic E-state index is 5.94. The molecule has 1 fully saturated rings. The normalized spacial score (nSPS) is 13.9. The van der Waals surface area contributed by atoms with E-state index < -0.39 is 7.92 Å². The van der Waals surface area contributed by atoms with Gasteiger partial charge in [-0.1, -0.05) is 7.92 Å². The van der Waals surface area contributed by atoms with Crippen molar-refractivity contribution in [2.75, 3.05) is 69.2 Å². The quantitative estimate of drug-likeness (QED) is 0.187. The van der Waals surface area contributed by atoms with Crippen LogP contribution >= 0.6 is 7.92 Å². The lowest BCUT2D eigenvalue weighted by Crippen LogP contribution is -2.44. The number of piperazine rings is 1. The number of likely N-dealkylation sites (N-methyl/N-ethyl adjacent to an activating group) is 1. The number of anilines is 5. The van der Waals surface area contributed by atoms with E-state index in [1.165, 1.54) is 0 Å². The van der Waals surface area contributed by atoms with Crippen molar-refractivity contribution in [3.05, 3.63) is 73.4 Å². The minimum Gasteiger partial charge on any atom is -0.494 e. The third-order valence-corrected chi connectivity index (χ3v) is 9.48. The number of hydrogen-bond acceptors (Lipinski definition) is 10. The Labute approximate surface area is 262 Å². The van der Waals surface area contributed by atoms with Crippen molar-refractivity contribution >= 4 is 64.1 Å². The molecule has 0 saturated carbocycles. The molecular weight excluding hydrogens is 583 g/mol. The molecule has 1 aliphatic rings. The number of pyridine rings is 1. The molecular formula is C33H35N10OP. The summed E-state index contributed by atoms with van der Waals surface area (Å²) in [5.41, 5.74) is 7.53. The number of rotatable bonds is 8. The standard InChI is InChI=1S/C33H35N10OP/c1-42-15-17-43(18-16-42)27-20-28(44-2)26(19-23(27)21-7-10-34-11-8-21)39-33-40-31-22(9-12-37-31)32(41-33)38-25-6-5-24-29(30(25)45(3)4)36-14-13-35-24/h5-14,19-20H,15-18H2,1-4H3,(H3,37,38,39,40,41). The second kappa shape index (κ2) is 12.3. The fourth-order valence-electron chi connectivity index (χ4n) is 5.82. The highest BCUT2D eigenvalue weighted by molar-refractivity contribution is 7.65. The van der Waals surface area contributed by atoms with Gasteiger partial charge in [0.2, 0.25) is 5.95 Å². The fraction of sp³-hybridized carbons (Fsp3) is 0.242. The second-order valence-electron chi connectivity index (χ2n) is 11.3. The van der Waals surface area contributed by atoms with E-state index in [-0.39, 0.29) is 0 Å². The van der Waals surface area contributed by atoms with Gasteiger partial charge in [-0.2, -0.15) is 9.97 Å². The smallest absolute Gasteiger partial charge is 0.231 e. The molecule has 11 nitrogen and oxygen atoms in total. The molecule has 2 aromatic carbocycles. The molecule has 12 heteroatoms. The number of ether oxygens (including phenoxy) is 1. The first-order valence-electron chi connectivity index (χ1n) is 14.8. The summed E-state index contributed by atoms with van der Waals surface area (Å²) in [6.07, 6.45) is 9.00. The zero-order chi connectivity index (χ0) is 30.9. The zero-order valence-electron chi connectivity index (χ0n) is 25.7. The predicted octanol–water partition coefficient (Wildman–Crippen LogP) is 5.58. The maximum atomic E-state index is 5.94. The topological polar surface area (TPSA) is 120 Å². The van der Waals surface area contributed by atoms with Crippen LogP contribution in [0.2, 0.25) is 0 Å². The summed E-state index contributed by atoms with van der Waals surface area (Å²) in [5.74, 6) is 1.84. The molecule has 0 spiro atoms. The SMILES string of the molecule is COc1cc(N2CCN(C)CC2)c(-c2ccncc2)cc1Nc1nc(Nc2ccc3nccnc3c2P(C)C)c2cc[nH]c2n1. The number of aromatic amines is 1. The Balaban J connectivity index is 1.30. The molecule has 5 heterocycles. The Bertz CT molecular complexity index is 1970. The average molecular weight is 619 g/mol. The highest BCUT2D eigenvalue weighted by Crippen LogP contribution is 2.41. The monoisotopic (exact) mass is 618 g/mol. The zero-order valence-corrected chi connectivity index (χ0v) is 26.6. The molecule has 0 unspecified atom stereocenters. The van der Waals surface area contributed by atoms with E-state index in [2.05, 4.69) is 78.9 Å². The Morgan fingerprint density at radius 1 is 0.867 bits per heavy atom. The first-order chi connectivity index (χ1) is 22.0.